The second-order valence-electron chi connectivity index (χ2n) is 5.43. The third-order valence-electron chi connectivity index (χ3n) is 3.84. The lowest BCUT2D eigenvalue weighted by Crippen LogP contribution is -2.26. The highest BCUT2D eigenvalue weighted by molar-refractivity contribution is 5.69. The minimum Gasteiger partial charge on any atom is -0.380 e. The van der Waals surface area contributed by atoms with E-state index in [0.29, 0.717) is 11.5 Å². The highest BCUT2D eigenvalue weighted by Crippen LogP contribution is 2.49. The van der Waals surface area contributed by atoms with Gasteiger partial charge in [0.05, 0.1) is 11.4 Å². The molecule has 2 rings (SSSR count). The van der Waals surface area contributed by atoms with Crippen LogP contribution in [0.2, 0.25) is 0 Å². The van der Waals surface area contributed by atoms with Crippen molar-refractivity contribution in [2.45, 2.75) is 32.7 Å². The Morgan fingerprint density at radius 1 is 1.25 bits per heavy atom. The van der Waals surface area contributed by atoms with Gasteiger partial charge in [-0.05, 0) is 37.3 Å². The summed E-state index contributed by atoms with van der Waals surface area (Å²) >= 11 is 0. The van der Waals surface area contributed by atoms with Crippen LogP contribution in [0.25, 0.3) is 0 Å². The topological polar surface area (TPSA) is 15.3 Å². The molecule has 1 saturated carbocycles. The third-order valence-corrected chi connectivity index (χ3v) is 3.84. The van der Waals surface area contributed by atoms with Gasteiger partial charge < -0.3 is 10.2 Å². The lowest BCUT2D eigenvalue weighted by Gasteiger charge is -2.25. The largest absolute Gasteiger partial charge is 0.380 e. The first-order valence-corrected chi connectivity index (χ1v) is 6.06. The van der Waals surface area contributed by atoms with Crippen molar-refractivity contribution in [2.24, 2.45) is 5.41 Å². The van der Waals surface area contributed by atoms with Crippen molar-refractivity contribution >= 4 is 11.4 Å². The third kappa shape index (κ3) is 2.16. The summed E-state index contributed by atoms with van der Waals surface area (Å²) in [7, 11) is 4.17. The zero-order valence-electron chi connectivity index (χ0n) is 10.7. The van der Waals surface area contributed by atoms with Crippen LogP contribution >= 0.6 is 0 Å². The van der Waals surface area contributed by atoms with E-state index in [2.05, 4.69) is 62.4 Å². The van der Waals surface area contributed by atoms with E-state index in [9.17, 15) is 0 Å². The van der Waals surface area contributed by atoms with Crippen LogP contribution in [0.15, 0.2) is 24.3 Å². The fourth-order valence-electron chi connectivity index (χ4n) is 2.02. The predicted molar refractivity (Wildman–Crippen MR) is 71.2 cm³/mol. The van der Waals surface area contributed by atoms with Crippen LogP contribution in [0.3, 0.4) is 0 Å². The Labute approximate surface area is 98.7 Å². The Bertz CT molecular complexity index is 367. The Balaban J connectivity index is 2.14. The molecule has 16 heavy (non-hydrogen) atoms. The number of benzene rings is 1. The van der Waals surface area contributed by atoms with Crippen LogP contribution in [0, 0.1) is 5.41 Å². The molecule has 0 spiro atoms. The summed E-state index contributed by atoms with van der Waals surface area (Å²) in [4.78, 5) is 2.16. The highest BCUT2D eigenvalue weighted by atomic mass is 15.1. The number of hydrogen-bond acceptors (Lipinski definition) is 2. The molecule has 0 aromatic heterocycles. The Hall–Kier alpha value is -1.18. The lowest BCUT2D eigenvalue weighted by molar-refractivity contribution is 0.493. The van der Waals surface area contributed by atoms with Crippen molar-refractivity contribution in [1.29, 1.82) is 0 Å². The maximum Gasteiger partial charge on any atom is 0.0596 e. The van der Waals surface area contributed by atoms with E-state index in [1.54, 1.807) is 0 Å². The number of nitrogens with zero attached hydrogens (tertiary/aromatic N) is 1. The summed E-state index contributed by atoms with van der Waals surface area (Å²) in [6, 6.07) is 9.05. The van der Waals surface area contributed by atoms with Crippen molar-refractivity contribution in [3.63, 3.8) is 0 Å². The molecule has 1 aromatic carbocycles. The zero-order valence-corrected chi connectivity index (χ0v) is 10.7. The van der Waals surface area contributed by atoms with Gasteiger partial charge in [-0.15, -0.1) is 0 Å². The summed E-state index contributed by atoms with van der Waals surface area (Å²) in [6.45, 7) is 4.66. The van der Waals surface area contributed by atoms with E-state index in [4.69, 9.17) is 0 Å². The van der Waals surface area contributed by atoms with Gasteiger partial charge in [0.25, 0.3) is 0 Å². The first-order valence-electron chi connectivity index (χ1n) is 6.06. The fourth-order valence-corrected chi connectivity index (χ4v) is 2.02. The molecule has 1 aliphatic rings. The maximum absolute atomic E-state index is 3.65. The Morgan fingerprint density at radius 2 is 1.88 bits per heavy atom. The summed E-state index contributed by atoms with van der Waals surface area (Å²) in [5.74, 6) is 0. The van der Waals surface area contributed by atoms with Gasteiger partial charge in [0.2, 0.25) is 0 Å². The number of para-hydroxylation sites is 2. The molecule has 0 aliphatic heterocycles. The Kier molecular flexibility index (Phi) is 2.83. The van der Waals surface area contributed by atoms with Gasteiger partial charge in [-0.2, -0.15) is 0 Å². The van der Waals surface area contributed by atoms with Crippen molar-refractivity contribution in [2.75, 3.05) is 24.3 Å². The van der Waals surface area contributed by atoms with Crippen LogP contribution < -0.4 is 10.2 Å². The molecule has 0 bridgehead atoms. The second-order valence-corrected chi connectivity index (χ2v) is 5.43. The van der Waals surface area contributed by atoms with Gasteiger partial charge >= 0.3 is 0 Å². The molecule has 1 fully saturated rings. The molecule has 0 radical (unpaired) electrons. The lowest BCUT2D eigenvalue weighted by atomic mass is 10.0. The van der Waals surface area contributed by atoms with Crippen LogP contribution in [0.5, 0.6) is 0 Å². The molecule has 0 heterocycles. The van der Waals surface area contributed by atoms with E-state index >= 15 is 0 Å². The first-order chi connectivity index (χ1) is 7.53. The quantitative estimate of drug-likeness (QED) is 0.833. The summed E-state index contributed by atoms with van der Waals surface area (Å²) in [5, 5.41) is 3.65. The van der Waals surface area contributed by atoms with E-state index in [1.807, 2.05) is 0 Å². The Morgan fingerprint density at radius 3 is 2.44 bits per heavy atom. The average Bonchev–Trinajstić information content (AvgIpc) is 2.98. The second kappa shape index (κ2) is 4.00. The van der Waals surface area contributed by atoms with Crippen molar-refractivity contribution < 1.29 is 0 Å². The van der Waals surface area contributed by atoms with Gasteiger partial charge in [0.15, 0.2) is 0 Å². The molecule has 2 heteroatoms. The van der Waals surface area contributed by atoms with Gasteiger partial charge in [0, 0.05) is 20.1 Å². The summed E-state index contributed by atoms with van der Waals surface area (Å²) < 4.78 is 0. The highest BCUT2D eigenvalue weighted by Gasteiger charge is 2.42. The van der Waals surface area contributed by atoms with Gasteiger partial charge in [0.1, 0.15) is 0 Å². The first kappa shape index (κ1) is 11.3. The molecular weight excluding hydrogens is 196 g/mol. The molecule has 2 nitrogen and oxygen atoms in total. The SMILES string of the molecule is CC(Nc1ccccc1N(C)C)C1(C)CC1. The van der Waals surface area contributed by atoms with Crippen molar-refractivity contribution in [3.8, 4) is 0 Å². The van der Waals surface area contributed by atoms with E-state index < -0.39 is 0 Å². The molecular formula is C14H22N2. The number of rotatable bonds is 4. The van der Waals surface area contributed by atoms with Gasteiger partial charge in [-0.25, -0.2) is 0 Å². The van der Waals surface area contributed by atoms with Crippen LogP contribution in [0.1, 0.15) is 26.7 Å². The maximum atomic E-state index is 3.65. The molecule has 1 aliphatic carbocycles. The van der Waals surface area contributed by atoms with Crippen molar-refractivity contribution in [3.05, 3.63) is 24.3 Å². The predicted octanol–water partition coefficient (Wildman–Crippen LogP) is 3.35. The molecule has 0 amide bonds. The van der Waals surface area contributed by atoms with Gasteiger partial charge in [-0.3, -0.25) is 0 Å². The monoisotopic (exact) mass is 218 g/mol. The molecule has 1 unspecified atom stereocenters. The normalized spacial score (nSPS) is 19.0. The number of anilines is 2. The smallest absolute Gasteiger partial charge is 0.0596 e. The molecule has 1 atom stereocenters. The minimum absolute atomic E-state index is 0.513. The van der Waals surface area contributed by atoms with E-state index in [-0.39, 0.29) is 0 Å². The summed E-state index contributed by atoms with van der Waals surface area (Å²) in [5.41, 5.74) is 3.02. The molecule has 88 valence electrons. The standard InChI is InChI=1S/C14H22N2/c1-11(14(2)9-10-14)15-12-7-5-6-8-13(12)16(3)4/h5-8,11,15H,9-10H2,1-4H3. The minimum atomic E-state index is 0.513. The zero-order chi connectivity index (χ0) is 11.8. The van der Waals surface area contributed by atoms with E-state index in [1.165, 1.54) is 24.2 Å². The average molecular weight is 218 g/mol. The molecule has 1 N–H and O–H groups in total. The fraction of sp³-hybridized carbons (Fsp3) is 0.571. The summed E-state index contributed by atoms with van der Waals surface area (Å²) in [6.07, 6.45) is 2.70. The van der Waals surface area contributed by atoms with E-state index in [0.717, 1.165) is 0 Å². The van der Waals surface area contributed by atoms with Crippen LogP contribution in [-0.2, 0) is 0 Å². The molecule has 1 aromatic rings. The van der Waals surface area contributed by atoms with Crippen molar-refractivity contribution in [1.82, 2.24) is 0 Å². The van der Waals surface area contributed by atoms with Crippen LogP contribution in [-0.4, -0.2) is 20.1 Å². The molecule has 0 saturated heterocycles. The number of nitrogens with one attached hydrogen (secondary N) is 1. The van der Waals surface area contributed by atoms with Gasteiger partial charge in [-0.1, -0.05) is 19.1 Å². The number of hydrogen-bond donors (Lipinski definition) is 1. The van der Waals surface area contributed by atoms with Crippen LogP contribution in [0.4, 0.5) is 11.4 Å².